The maximum atomic E-state index is 6.10. The second-order valence-corrected chi connectivity index (χ2v) is 4.36. The number of ether oxygens (including phenoxy) is 1. The number of alkyl halides is 1. The fraction of sp³-hybridized carbons (Fsp3) is 0.500. The zero-order valence-corrected chi connectivity index (χ0v) is 10.9. The van der Waals surface area contributed by atoms with Crippen LogP contribution in [0.25, 0.3) is 0 Å². The molecular formula is C12H17Cl2NO. The topological polar surface area (TPSA) is 21.3 Å². The number of halogens is 2. The predicted octanol–water partition coefficient (Wildman–Crippen LogP) is 2.99. The molecule has 1 N–H and O–H groups in total. The van der Waals surface area contributed by atoms with Crippen molar-refractivity contribution in [3.05, 3.63) is 34.3 Å². The van der Waals surface area contributed by atoms with Crippen LogP contribution in [0.5, 0.6) is 0 Å². The highest BCUT2D eigenvalue weighted by Gasteiger charge is 1.99. The van der Waals surface area contributed by atoms with Gasteiger partial charge in [0, 0.05) is 24.0 Å². The van der Waals surface area contributed by atoms with Gasteiger partial charge in [0.15, 0.2) is 0 Å². The van der Waals surface area contributed by atoms with Crippen LogP contribution in [0.2, 0.25) is 5.02 Å². The van der Waals surface area contributed by atoms with Gasteiger partial charge >= 0.3 is 0 Å². The normalized spacial score (nSPS) is 10.7. The number of aryl methyl sites for hydroxylation is 1. The van der Waals surface area contributed by atoms with Gasteiger partial charge in [-0.2, -0.15) is 0 Å². The summed E-state index contributed by atoms with van der Waals surface area (Å²) < 4.78 is 5.24. The molecule has 0 heterocycles. The summed E-state index contributed by atoms with van der Waals surface area (Å²) >= 11 is 11.6. The van der Waals surface area contributed by atoms with Gasteiger partial charge in [0.05, 0.1) is 13.2 Å². The number of rotatable bonds is 7. The molecule has 0 fully saturated rings. The van der Waals surface area contributed by atoms with Gasteiger partial charge in [0.1, 0.15) is 0 Å². The smallest absolute Gasteiger partial charge is 0.0602 e. The van der Waals surface area contributed by atoms with Crippen molar-refractivity contribution in [2.45, 2.75) is 13.5 Å². The number of hydrogen-bond donors (Lipinski definition) is 1. The van der Waals surface area contributed by atoms with Crippen LogP contribution in [-0.4, -0.2) is 25.6 Å². The number of nitrogens with one attached hydrogen (secondary N) is 1. The Morgan fingerprint density at radius 2 is 2.12 bits per heavy atom. The van der Waals surface area contributed by atoms with Crippen LogP contribution in [0.4, 0.5) is 0 Å². The van der Waals surface area contributed by atoms with Crippen LogP contribution >= 0.6 is 23.2 Å². The van der Waals surface area contributed by atoms with E-state index in [-0.39, 0.29) is 0 Å². The molecule has 90 valence electrons. The van der Waals surface area contributed by atoms with Crippen LogP contribution in [-0.2, 0) is 11.3 Å². The van der Waals surface area contributed by atoms with Crippen LogP contribution in [0.3, 0.4) is 0 Å². The Kier molecular flexibility index (Phi) is 6.81. The van der Waals surface area contributed by atoms with Crippen molar-refractivity contribution in [3.8, 4) is 0 Å². The molecule has 4 heteroatoms. The summed E-state index contributed by atoms with van der Waals surface area (Å²) in [5, 5.41) is 4.08. The molecule has 1 aromatic rings. The molecule has 0 spiro atoms. The van der Waals surface area contributed by atoms with Gasteiger partial charge < -0.3 is 10.1 Å². The molecule has 0 aliphatic rings. The van der Waals surface area contributed by atoms with Crippen molar-refractivity contribution in [3.63, 3.8) is 0 Å². The highest BCUT2D eigenvalue weighted by atomic mass is 35.5. The molecule has 0 bridgehead atoms. The Labute approximate surface area is 107 Å². The molecule has 0 saturated heterocycles. The lowest BCUT2D eigenvalue weighted by atomic mass is 10.1. The van der Waals surface area contributed by atoms with Gasteiger partial charge in [-0.05, 0) is 24.1 Å². The second-order valence-electron chi connectivity index (χ2n) is 3.57. The predicted molar refractivity (Wildman–Crippen MR) is 69.4 cm³/mol. The molecule has 1 aromatic carbocycles. The number of hydrogen-bond acceptors (Lipinski definition) is 2. The van der Waals surface area contributed by atoms with Crippen LogP contribution < -0.4 is 5.32 Å². The highest BCUT2D eigenvalue weighted by Crippen LogP contribution is 2.16. The molecule has 0 unspecified atom stereocenters. The Balaban J connectivity index is 2.21. The average molecular weight is 262 g/mol. The summed E-state index contributed by atoms with van der Waals surface area (Å²) in [5.41, 5.74) is 2.30. The van der Waals surface area contributed by atoms with Crippen LogP contribution in [0.15, 0.2) is 18.2 Å². The molecule has 0 saturated carbocycles. The van der Waals surface area contributed by atoms with Gasteiger partial charge in [-0.25, -0.2) is 0 Å². The molecule has 0 aromatic heterocycles. The molecule has 2 nitrogen and oxygen atoms in total. The summed E-state index contributed by atoms with van der Waals surface area (Å²) in [6, 6.07) is 6.08. The summed E-state index contributed by atoms with van der Waals surface area (Å²) in [5.74, 6) is 0.545. The second kappa shape index (κ2) is 7.91. The fourth-order valence-electron chi connectivity index (χ4n) is 1.32. The maximum Gasteiger partial charge on any atom is 0.0602 e. The van der Waals surface area contributed by atoms with E-state index >= 15 is 0 Å². The quantitative estimate of drug-likeness (QED) is 0.602. The van der Waals surface area contributed by atoms with Crippen molar-refractivity contribution in [2.75, 3.05) is 25.6 Å². The molecule has 0 atom stereocenters. The third-order valence-electron chi connectivity index (χ3n) is 2.17. The van der Waals surface area contributed by atoms with Crippen molar-refractivity contribution in [2.24, 2.45) is 0 Å². The SMILES string of the molecule is Cc1ccc(CNCCOCCCl)c(Cl)c1. The first-order valence-electron chi connectivity index (χ1n) is 5.33. The van der Waals surface area contributed by atoms with Crippen LogP contribution in [0, 0.1) is 6.92 Å². The lowest BCUT2D eigenvalue weighted by Crippen LogP contribution is -2.19. The number of benzene rings is 1. The van der Waals surface area contributed by atoms with E-state index in [1.807, 2.05) is 19.1 Å². The zero-order valence-electron chi connectivity index (χ0n) is 9.43. The Morgan fingerprint density at radius 3 is 2.81 bits per heavy atom. The first-order valence-corrected chi connectivity index (χ1v) is 6.24. The summed E-state index contributed by atoms with van der Waals surface area (Å²) in [4.78, 5) is 0. The van der Waals surface area contributed by atoms with Crippen molar-refractivity contribution < 1.29 is 4.74 Å². The van der Waals surface area contributed by atoms with E-state index in [9.17, 15) is 0 Å². The first kappa shape index (κ1) is 13.8. The van der Waals surface area contributed by atoms with Crippen molar-refractivity contribution in [1.29, 1.82) is 0 Å². The van der Waals surface area contributed by atoms with E-state index in [1.165, 1.54) is 5.56 Å². The van der Waals surface area contributed by atoms with E-state index in [1.54, 1.807) is 0 Å². The Morgan fingerprint density at radius 1 is 1.31 bits per heavy atom. The highest BCUT2D eigenvalue weighted by molar-refractivity contribution is 6.31. The molecular weight excluding hydrogens is 245 g/mol. The van der Waals surface area contributed by atoms with Gasteiger partial charge in [0.2, 0.25) is 0 Å². The largest absolute Gasteiger partial charge is 0.379 e. The molecule has 0 aliphatic carbocycles. The minimum atomic E-state index is 0.545. The summed E-state index contributed by atoms with van der Waals surface area (Å²) in [7, 11) is 0. The molecule has 0 aliphatic heterocycles. The summed E-state index contributed by atoms with van der Waals surface area (Å²) in [6.07, 6.45) is 0. The lowest BCUT2D eigenvalue weighted by molar-refractivity contribution is 0.151. The molecule has 1 rings (SSSR count). The first-order chi connectivity index (χ1) is 7.74. The minimum absolute atomic E-state index is 0.545. The molecule has 16 heavy (non-hydrogen) atoms. The zero-order chi connectivity index (χ0) is 11.8. The van der Waals surface area contributed by atoms with E-state index in [0.29, 0.717) is 19.1 Å². The van der Waals surface area contributed by atoms with E-state index < -0.39 is 0 Å². The molecule has 0 radical (unpaired) electrons. The third-order valence-corrected chi connectivity index (χ3v) is 2.67. The Hall–Kier alpha value is -0.280. The standard InChI is InChI=1S/C12H17Cl2NO/c1-10-2-3-11(12(14)8-10)9-15-5-7-16-6-4-13/h2-3,8,15H,4-7,9H2,1H3. The van der Waals surface area contributed by atoms with E-state index in [0.717, 1.165) is 23.7 Å². The van der Waals surface area contributed by atoms with Crippen molar-refractivity contribution >= 4 is 23.2 Å². The van der Waals surface area contributed by atoms with Gasteiger partial charge in [0.25, 0.3) is 0 Å². The molecule has 0 amide bonds. The van der Waals surface area contributed by atoms with E-state index in [4.69, 9.17) is 27.9 Å². The van der Waals surface area contributed by atoms with Crippen LogP contribution in [0.1, 0.15) is 11.1 Å². The van der Waals surface area contributed by atoms with Gasteiger partial charge in [-0.1, -0.05) is 23.7 Å². The minimum Gasteiger partial charge on any atom is -0.379 e. The van der Waals surface area contributed by atoms with E-state index in [2.05, 4.69) is 11.4 Å². The maximum absolute atomic E-state index is 6.10. The monoisotopic (exact) mass is 261 g/mol. The lowest BCUT2D eigenvalue weighted by Gasteiger charge is -2.07. The van der Waals surface area contributed by atoms with Gasteiger partial charge in [-0.3, -0.25) is 0 Å². The van der Waals surface area contributed by atoms with Gasteiger partial charge in [-0.15, -0.1) is 11.6 Å². The summed E-state index contributed by atoms with van der Waals surface area (Å²) in [6.45, 7) is 4.89. The fourth-order valence-corrected chi connectivity index (χ4v) is 1.73. The average Bonchev–Trinajstić information content (AvgIpc) is 2.26. The third kappa shape index (κ3) is 5.17. The Bertz CT molecular complexity index is 318. The van der Waals surface area contributed by atoms with Crippen molar-refractivity contribution in [1.82, 2.24) is 5.32 Å².